The van der Waals surface area contributed by atoms with E-state index in [0.29, 0.717) is 6.42 Å². The molecule has 0 bridgehead atoms. The quantitative estimate of drug-likeness (QED) is 0.0420. The van der Waals surface area contributed by atoms with E-state index in [4.69, 9.17) is 0 Å². The fourth-order valence-corrected chi connectivity index (χ4v) is 7.83. The minimum absolute atomic E-state index is 0.0988. The first-order chi connectivity index (χ1) is 35.2. The van der Waals surface area contributed by atoms with Crippen LogP contribution >= 0.6 is 0 Å². The summed E-state index contributed by atoms with van der Waals surface area (Å²) in [6.45, 7) is 4.17. The molecule has 2 atom stereocenters. The summed E-state index contributed by atoms with van der Waals surface area (Å²) in [5, 5.41) is 23.1. The fraction of sp³-hybridized carbons (Fsp3) is 0.597. The molecular weight excluding hydrogens is 867 g/mol. The number of nitrogens with one attached hydrogen (secondary N) is 1. The maximum absolute atomic E-state index is 12.5. The molecule has 0 fully saturated rings. The summed E-state index contributed by atoms with van der Waals surface area (Å²) < 4.78 is 0. The maximum atomic E-state index is 12.5. The van der Waals surface area contributed by atoms with E-state index in [1.165, 1.54) is 103 Å². The van der Waals surface area contributed by atoms with Gasteiger partial charge in [-0.2, -0.15) is 0 Å². The summed E-state index contributed by atoms with van der Waals surface area (Å²) in [6, 6.07) is -0.667. The van der Waals surface area contributed by atoms with Crippen LogP contribution in [-0.2, 0) is 4.79 Å². The lowest BCUT2D eigenvalue weighted by molar-refractivity contribution is -0.123. The SMILES string of the molecule is CC/C=C\C/C=C\C/C=C\C/C=C\C/C=C\C/C=C\C/C=C\C/C=C\C/C=C\C/C=C\CCCCCCCCC(=O)NC(CO)C(O)/C=C/CC/C=C/CC/C=C/CCCCCCCCCCCCCC. The number of hydrogen-bond acceptors (Lipinski definition) is 3. The minimum Gasteiger partial charge on any atom is -0.394 e. The molecule has 3 N–H and O–H groups in total. The van der Waals surface area contributed by atoms with Crippen molar-refractivity contribution >= 4 is 5.91 Å². The minimum atomic E-state index is -0.889. The van der Waals surface area contributed by atoms with E-state index in [2.05, 4.69) is 165 Å². The zero-order valence-corrected chi connectivity index (χ0v) is 45.9. The van der Waals surface area contributed by atoms with Crippen molar-refractivity contribution in [2.24, 2.45) is 0 Å². The van der Waals surface area contributed by atoms with Crippen molar-refractivity contribution in [2.45, 2.75) is 251 Å². The molecule has 0 aliphatic heterocycles. The van der Waals surface area contributed by atoms with Crippen LogP contribution in [0, 0.1) is 0 Å². The first-order valence-electron chi connectivity index (χ1n) is 29.2. The van der Waals surface area contributed by atoms with Gasteiger partial charge in [0.2, 0.25) is 5.91 Å². The number of hydrogen-bond donors (Lipinski definition) is 3. The monoisotopic (exact) mass is 976 g/mol. The molecule has 0 radical (unpaired) electrons. The van der Waals surface area contributed by atoms with Gasteiger partial charge < -0.3 is 15.5 Å². The Morgan fingerprint density at radius 2 is 0.634 bits per heavy atom. The van der Waals surface area contributed by atoms with Gasteiger partial charge in [-0.25, -0.2) is 0 Å². The van der Waals surface area contributed by atoms with Gasteiger partial charge in [0.25, 0.3) is 0 Å². The number of aliphatic hydroxyl groups is 2. The molecule has 4 heteroatoms. The van der Waals surface area contributed by atoms with Crippen LogP contribution in [-0.4, -0.2) is 34.9 Å². The second kappa shape index (κ2) is 60.3. The van der Waals surface area contributed by atoms with Crippen molar-refractivity contribution in [2.75, 3.05) is 6.61 Å². The van der Waals surface area contributed by atoms with Crippen LogP contribution in [0.4, 0.5) is 0 Å². The number of carbonyl (C=O) groups is 1. The van der Waals surface area contributed by atoms with E-state index in [0.717, 1.165) is 116 Å². The summed E-state index contributed by atoms with van der Waals surface area (Å²) in [6.07, 6.45) is 96.8. The third kappa shape index (κ3) is 56.8. The highest BCUT2D eigenvalue weighted by molar-refractivity contribution is 5.76. The third-order valence-electron chi connectivity index (χ3n) is 12.2. The van der Waals surface area contributed by atoms with Gasteiger partial charge in [-0.15, -0.1) is 0 Å². The molecule has 400 valence electrons. The lowest BCUT2D eigenvalue weighted by Crippen LogP contribution is -2.45. The zero-order chi connectivity index (χ0) is 51.3. The van der Waals surface area contributed by atoms with Crippen molar-refractivity contribution in [3.05, 3.63) is 158 Å². The van der Waals surface area contributed by atoms with Crippen LogP contribution in [0.15, 0.2) is 158 Å². The molecular formula is C67H109NO3. The lowest BCUT2D eigenvalue weighted by atomic mass is 10.0. The number of carbonyl (C=O) groups excluding carboxylic acids is 1. The molecule has 0 aromatic rings. The molecule has 1 amide bonds. The van der Waals surface area contributed by atoms with Gasteiger partial charge in [-0.1, -0.05) is 268 Å². The van der Waals surface area contributed by atoms with Gasteiger partial charge >= 0.3 is 0 Å². The molecule has 0 aliphatic rings. The molecule has 2 unspecified atom stereocenters. The Morgan fingerprint density at radius 3 is 0.986 bits per heavy atom. The fourth-order valence-electron chi connectivity index (χ4n) is 7.83. The summed E-state index contributed by atoms with van der Waals surface area (Å²) >= 11 is 0. The number of rotatable bonds is 51. The van der Waals surface area contributed by atoms with E-state index in [9.17, 15) is 15.0 Å². The Kier molecular flexibility index (Phi) is 56.9. The zero-order valence-electron chi connectivity index (χ0n) is 45.9. The summed E-state index contributed by atoms with van der Waals surface area (Å²) in [4.78, 5) is 12.5. The Labute approximate surface area is 439 Å². The Balaban J connectivity index is 3.71. The predicted octanol–water partition coefficient (Wildman–Crippen LogP) is 19.7. The van der Waals surface area contributed by atoms with Crippen LogP contribution < -0.4 is 5.32 Å². The second-order valence-electron chi connectivity index (χ2n) is 19.0. The molecule has 0 rings (SSSR count). The van der Waals surface area contributed by atoms with Crippen LogP contribution in [0.2, 0.25) is 0 Å². The van der Waals surface area contributed by atoms with Gasteiger partial charge in [0.1, 0.15) is 0 Å². The van der Waals surface area contributed by atoms with Gasteiger partial charge in [-0.05, 0) is 122 Å². The standard InChI is InChI=1S/C67H109NO3/c1-3-5-7-9-11-13-15-17-19-21-23-25-27-28-29-30-31-32-33-34-35-36-37-38-39-40-41-43-45-47-49-51-53-55-57-59-61-63-67(71)68-65(64-69)66(70)62-60-58-56-54-52-50-48-46-44-42-26-24-22-20-18-16-14-12-10-8-6-4-2/h5,7,11,13,17,19,23,25,28-29,31-32,34-35,37-38,40-41,44-47,52,54,60,62,65-66,69-70H,3-4,6,8-10,12,14-16,18,20-22,24,26-27,30,33,36,39,42-43,48-51,53,55-59,61,63-64H2,1-2H3,(H,68,71)/b7-5-,13-11-,19-17-,25-23-,29-28-,32-31-,35-34-,38-37-,41-40-,46-44+,47-45-,54-52+,62-60+. The Bertz CT molecular complexity index is 1530. The molecule has 4 nitrogen and oxygen atoms in total. The Hall–Kier alpha value is -3.99. The molecule has 0 spiro atoms. The third-order valence-corrected chi connectivity index (χ3v) is 12.2. The van der Waals surface area contributed by atoms with Crippen LogP contribution in [0.3, 0.4) is 0 Å². The number of aliphatic hydroxyl groups excluding tert-OH is 2. The van der Waals surface area contributed by atoms with E-state index < -0.39 is 12.1 Å². The van der Waals surface area contributed by atoms with E-state index in [1.807, 2.05) is 6.08 Å². The van der Waals surface area contributed by atoms with Crippen LogP contribution in [0.25, 0.3) is 0 Å². The first-order valence-corrected chi connectivity index (χ1v) is 29.2. The van der Waals surface area contributed by atoms with E-state index in [-0.39, 0.29) is 12.5 Å². The lowest BCUT2D eigenvalue weighted by Gasteiger charge is -2.19. The highest BCUT2D eigenvalue weighted by Gasteiger charge is 2.17. The van der Waals surface area contributed by atoms with Crippen LogP contribution in [0.1, 0.15) is 239 Å². The molecule has 0 heterocycles. The van der Waals surface area contributed by atoms with Gasteiger partial charge in [0, 0.05) is 6.42 Å². The highest BCUT2D eigenvalue weighted by atomic mass is 16.3. The van der Waals surface area contributed by atoms with Crippen molar-refractivity contribution in [3.63, 3.8) is 0 Å². The molecule has 71 heavy (non-hydrogen) atoms. The predicted molar refractivity (Wildman–Crippen MR) is 317 cm³/mol. The number of allylic oxidation sites excluding steroid dienone is 25. The average molecular weight is 977 g/mol. The number of amides is 1. The molecule has 0 aliphatic carbocycles. The smallest absolute Gasteiger partial charge is 0.220 e. The maximum Gasteiger partial charge on any atom is 0.220 e. The molecule has 0 saturated carbocycles. The average Bonchev–Trinajstić information content (AvgIpc) is 3.37. The van der Waals surface area contributed by atoms with Crippen molar-refractivity contribution < 1.29 is 15.0 Å². The van der Waals surface area contributed by atoms with E-state index >= 15 is 0 Å². The highest BCUT2D eigenvalue weighted by Crippen LogP contribution is 2.14. The molecule has 0 saturated heterocycles. The second-order valence-corrected chi connectivity index (χ2v) is 19.0. The summed E-state index contributed by atoms with van der Waals surface area (Å²) in [5.74, 6) is -0.0988. The Morgan fingerprint density at radius 1 is 0.352 bits per heavy atom. The molecule has 0 aromatic carbocycles. The summed E-state index contributed by atoms with van der Waals surface area (Å²) in [7, 11) is 0. The van der Waals surface area contributed by atoms with Gasteiger partial charge in [-0.3, -0.25) is 4.79 Å². The first kappa shape index (κ1) is 67.0. The van der Waals surface area contributed by atoms with Crippen molar-refractivity contribution in [3.8, 4) is 0 Å². The summed E-state index contributed by atoms with van der Waals surface area (Å²) in [5.41, 5.74) is 0. The van der Waals surface area contributed by atoms with Crippen molar-refractivity contribution in [1.82, 2.24) is 5.32 Å². The molecule has 0 aromatic heterocycles. The van der Waals surface area contributed by atoms with Gasteiger partial charge in [0.15, 0.2) is 0 Å². The van der Waals surface area contributed by atoms with Crippen molar-refractivity contribution in [1.29, 1.82) is 0 Å². The van der Waals surface area contributed by atoms with E-state index in [1.54, 1.807) is 6.08 Å². The number of unbranched alkanes of at least 4 members (excludes halogenated alkanes) is 20. The topological polar surface area (TPSA) is 69.6 Å². The normalized spacial score (nSPS) is 14.0. The van der Waals surface area contributed by atoms with Gasteiger partial charge in [0.05, 0.1) is 18.8 Å². The largest absolute Gasteiger partial charge is 0.394 e. The van der Waals surface area contributed by atoms with Crippen LogP contribution in [0.5, 0.6) is 0 Å².